The Bertz CT molecular complexity index is 928. The van der Waals surface area contributed by atoms with Crippen LogP contribution < -0.4 is 5.32 Å². The fourth-order valence-corrected chi connectivity index (χ4v) is 2.39. The quantitative estimate of drug-likeness (QED) is 0.581. The first kappa shape index (κ1) is 16.4. The fraction of sp³-hybridized carbons (Fsp3) is 0.111. The number of rotatable bonds is 4. The van der Waals surface area contributed by atoms with Crippen LogP contribution in [0, 0.1) is 24.0 Å². The molecule has 126 valence electrons. The molecule has 7 heteroatoms. The van der Waals surface area contributed by atoms with Gasteiger partial charge in [-0.2, -0.15) is 5.10 Å². The Labute approximate surface area is 144 Å². The average molecular weight is 336 g/mol. The molecule has 2 aromatic carbocycles. The van der Waals surface area contributed by atoms with E-state index in [9.17, 15) is 14.9 Å². The zero-order chi connectivity index (χ0) is 18.0. The Hall–Kier alpha value is -3.48. The summed E-state index contributed by atoms with van der Waals surface area (Å²) in [7, 11) is 0. The Kier molecular flexibility index (Phi) is 4.30. The normalized spacial score (nSPS) is 10.5. The summed E-state index contributed by atoms with van der Waals surface area (Å²) >= 11 is 0. The molecule has 1 amide bonds. The number of benzene rings is 2. The van der Waals surface area contributed by atoms with Gasteiger partial charge in [0.15, 0.2) is 0 Å². The summed E-state index contributed by atoms with van der Waals surface area (Å²) in [6.45, 7) is 3.76. The van der Waals surface area contributed by atoms with E-state index < -0.39 is 4.92 Å². The Morgan fingerprint density at radius 2 is 1.72 bits per heavy atom. The van der Waals surface area contributed by atoms with Gasteiger partial charge in [0.2, 0.25) is 0 Å². The lowest BCUT2D eigenvalue weighted by atomic mass is 10.1. The number of carbonyl (C=O) groups excluding carboxylic acids is 1. The predicted molar refractivity (Wildman–Crippen MR) is 94.1 cm³/mol. The molecule has 7 nitrogen and oxygen atoms in total. The molecule has 0 fully saturated rings. The third-order valence-electron chi connectivity index (χ3n) is 3.69. The molecule has 25 heavy (non-hydrogen) atoms. The van der Waals surface area contributed by atoms with Crippen LogP contribution in [0.5, 0.6) is 0 Å². The number of nitro benzene ring substituents is 1. The molecule has 0 unspecified atom stereocenters. The third-order valence-corrected chi connectivity index (χ3v) is 3.69. The highest BCUT2D eigenvalue weighted by Gasteiger charge is 2.13. The van der Waals surface area contributed by atoms with Crippen LogP contribution in [0.15, 0.2) is 54.6 Å². The number of amides is 1. The van der Waals surface area contributed by atoms with Crippen LogP contribution in [0.1, 0.15) is 21.6 Å². The number of non-ortho nitro benzene ring substituents is 1. The molecule has 1 heterocycles. The second-order valence-corrected chi connectivity index (χ2v) is 5.68. The maximum atomic E-state index is 12.4. The smallest absolute Gasteiger partial charge is 0.269 e. The molecule has 0 aliphatic heterocycles. The second kappa shape index (κ2) is 6.56. The van der Waals surface area contributed by atoms with Gasteiger partial charge in [0.25, 0.3) is 11.6 Å². The zero-order valence-corrected chi connectivity index (χ0v) is 13.8. The Balaban J connectivity index is 1.89. The van der Waals surface area contributed by atoms with Gasteiger partial charge < -0.3 is 5.32 Å². The van der Waals surface area contributed by atoms with E-state index in [1.807, 2.05) is 26.0 Å². The van der Waals surface area contributed by atoms with Crippen molar-refractivity contribution in [1.29, 1.82) is 0 Å². The summed E-state index contributed by atoms with van der Waals surface area (Å²) in [5, 5.41) is 18.0. The monoisotopic (exact) mass is 336 g/mol. The molecule has 3 rings (SSSR count). The van der Waals surface area contributed by atoms with Crippen LogP contribution in [-0.2, 0) is 0 Å². The highest BCUT2D eigenvalue weighted by molar-refractivity contribution is 6.04. The van der Waals surface area contributed by atoms with Crippen LogP contribution in [0.3, 0.4) is 0 Å². The minimum Gasteiger partial charge on any atom is -0.306 e. The van der Waals surface area contributed by atoms with E-state index >= 15 is 0 Å². The van der Waals surface area contributed by atoms with Crippen molar-refractivity contribution >= 4 is 17.4 Å². The lowest BCUT2D eigenvalue weighted by Crippen LogP contribution is -2.15. The van der Waals surface area contributed by atoms with Crippen LogP contribution >= 0.6 is 0 Å². The van der Waals surface area contributed by atoms with Gasteiger partial charge in [-0.05, 0) is 38.1 Å². The van der Waals surface area contributed by atoms with E-state index in [0.717, 1.165) is 11.3 Å². The molecular formula is C18H16N4O3. The predicted octanol–water partition coefficient (Wildman–Crippen LogP) is 3.65. The minimum absolute atomic E-state index is 0.00197. The third kappa shape index (κ3) is 3.55. The standard InChI is InChI=1S/C18H16N4O3/c1-12-3-5-14(6-4-12)18(23)19-17-11-13(2)20-21(17)15-7-9-16(10-8-15)22(24)25/h3-11H,1-2H3,(H,19,23). The van der Waals surface area contributed by atoms with Crippen molar-refractivity contribution in [3.05, 3.63) is 81.5 Å². The number of aromatic nitrogens is 2. The van der Waals surface area contributed by atoms with Gasteiger partial charge in [-0.3, -0.25) is 14.9 Å². The molecule has 0 saturated carbocycles. The van der Waals surface area contributed by atoms with Crippen LogP contribution in [0.25, 0.3) is 5.69 Å². The van der Waals surface area contributed by atoms with Crippen LogP contribution in [0.4, 0.5) is 11.5 Å². The van der Waals surface area contributed by atoms with Crippen molar-refractivity contribution in [3.63, 3.8) is 0 Å². The summed E-state index contributed by atoms with van der Waals surface area (Å²) in [5.74, 6) is 0.250. The summed E-state index contributed by atoms with van der Waals surface area (Å²) in [5.41, 5.74) is 2.95. The molecule has 1 aromatic heterocycles. The number of hydrogen-bond acceptors (Lipinski definition) is 4. The molecule has 1 N–H and O–H groups in total. The minimum atomic E-state index is -0.460. The highest BCUT2D eigenvalue weighted by Crippen LogP contribution is 2.20. The molecule has 3 aromatic rings. The number of nitro groups is 1. The molecule has 0 atom stereocenters. The topological polar surface area (TPSA) is 90.1 Å². The Morgan fingerprint density at radius 3 is 2.32 bits per heavy atom. The van der Waals surface area contributed by atoms with E-state index in [1.54, 1.807) is 35.0 Å². The van der Waals surface area contributed by atoms with Crippen molar-refractivity contribution < 1.29 is 9.72 Å². The maximum absolute atomic E-state index is 12.4. The molecular weight excluding hydrogens is 320 g/mol. The SMILES string of the molecule is Cc1ccc(C(=O)Nc2cc(C)nn2-c2ccc([N+](=O)[O-])cc2)cc1. The van der Waals surface area contributed by atoms with Crippen molar-refractivity contribution in [1.82, 2.24) is 9.78 Å². The van der Waals surface area contributed by atoms with Gasteiger partial charge in [0.05, 0.1) is 16.3 Å². The van der Waals surface area contributed by atoms with Gasteiger partial charge in [0.1, 0.15) is 5.82 Å². The molecule has 0 radical (unpaired) electrons. The number of hydrogen-bond donors (Lipinski definition) is 1. The number of anilines is 1. The van der Waals surface area contributed by atoms with Gasteiger partial charge in [-0.1, -0.05) is 17.7 Å². The van der Waals surface area contributed by atoms with Gasteiger partial charge >= 0.3 is 0 Å². The first-order valence-electron chi connectivity index (χ1n) is 7.63. The average Bonchev–Trinajstić information content (AvgIpc) is 2.95. The van der Waals surface area contributed by atoms with Crippen molar-refractivity contribution in [3.8, 4) is 5.69 Å². The number of aryl methyl sites for hydroxylation is 2. The van der Waals surface area contributed by atoms with E-state index in [4.69, 9.17) is 0 Å². The van der Waals surface area contributed by atoms with Crippen LogP contribution in [0.2, 0.25) is 0 Å². The maximum Gasteiger partial charge on any atom is 0.269 e. The lowest BCUT2D eigenvalue weighted by Gasteiger charge is -2.09. The fourth-order valence-electron chi connectivity index (χ4n) is 2.39. The lowest BCUT2D eigenvalue weighted by molar-refractivity contribution is -0.384. The van der Waals surface area contributed by atoms with Gasteiger partial charge in [-0.15, -0.1) is 0 Å². The molecule has 0 aliphatic carbocycles. The second-order valence-electron chi connectivity index (χ2n) is 5.68. The van der Waals surface area contributed by atoms with E-state index in [1.165, 1.54) is 12.1 Å². The summed E-state index contributed by atoms with van der Waals surface area (Å²) in [6, 6.07) is 15.0. The van der Waals surface area contributed by atoms with E-state index in [-0.39, 0.29) is 11.6 Å². The van der Waals surface area contributed by atoms with Crippen molar-refractivity contribution in [2.75, 3.05) is 5.32 Å². The van der Waals surface area contributed by atoms with E-state index in [0.29, 0.717) is 17.1 Å². The first-order chi connectivity index (χ1) is 11.9. The van der Waals surface area contributed by atoms with Gasteiger partial charge in [0, 0.05) is 23.8 Å². The number of nitrogens with zero attached hydrogens (tertiary/aromatic N) is 3. The summed E-state index contributed by atoms with van der Waals surface area (Å²) < 4.78 is 1.55. The van der Waals surface area contributed by atoms with Gasteiger partial charge in [-0.25, -0.2) is 4.68 Å². The first-order valence-corrected chi connectivity index (χ1v) is 7.63. The summed E-state index contributed by atoms with van der Waals surface area (Å²) in [4.78, 5) is 22.7. The largest absolute Gasteiger partial charge is 0.306 e. The summed E-state index contributed by atoms with van der Waals surface area (Å²) in [6.07, 6.45) is 0. The molecule has 0 saturated heterocycles. The van der Waals surface area contributed by atoms with Crippen molar-refractivity contribution in [2.45, 2.75) is 13.8 Å². The number of nitrogens with one attached hydrogen (secondary N) is 1. The molecule has 0 spiro atoms. The van der Waals surface area contributed by atoms with Crippen molar-refractivity contribution in [2.24, 2.45) is 0 Å². The van der Waals surface area contributed by atoms with E-state index in [2.05, 4.69) is 10.4 Å². The highest BCUT2D eigenvalue weighted by atomic mass is 16.6. The number of carbonyl (C=O) groups is 1. The molecule has 0 bridgehead atoms. The van der Waals surface area contributed by atoms with Crippen LogP contribution in [-0.4, -0.2) is 20.6 Å². The zero-order valence-electron chi connectivity index (χ0n) is 13.8. The Morgan fingerprint density at radius 1 is 1.08 bits per heavy atom. The molecule has 0 aliphatic rings.